The second-order valence-electron chi connectivity index (χ2n) is 10.2. The highest BCUT2D eigenvalue weighted by atomic mass is 16.6. The van der Waals surface area contributed by atoms with E-state index in [2.05, 4.69) is 60.0 Å². The van der Waals surface area contributed by atoms with Gasteiger partial charge in [-0.05, 0) is 67.9 Å². The number of likely N-dealkylation sites (tertiary alicyclic amines) is 1. The second kappa shape index (κ2) is 9.50. The molecule has 2 aliphatic heterocycles. The molecule has 4 nitrogen and oxygen atoms in total. The summed E-state index contributed by atoms with van der Waals surface area (Å²) in [5, 5.41) is 0. The molecule has 1 unspecified atom stereocenters. The molecule has 0 bridgehead atoms. The highest BCUT2D eigenvalue weighted by Crippen LogP contribution is 2.32. The molecule has 32 heavy (non-hydrogen) atoms. The van der Waals surface area contributed by atoms with Gasteiger partial charge in [0.1, 0.15) is 5.60 Å². The number of nitrogens with zero attached hydrogens (tertiary/aromatic N) is 2. The topological polar surface area (TPSA) is 32.8 Å². The molecule has 170 valence electrons. The fraction of sp³-hybridized carbons (Fsp3) is 0.464. The van der Waals surface area contributed by atoms with E-state index in [0.717, 1.165) is 51.0 Å². The standard InChI is InChI=1S/C28H36N2O2/c1-21(25-11-8-15-30(20-25)27(31)32-28(2,3)4)23-12-13-26-19-29(16-14-24(26)17-23)18-22-9-6-5-7-10-22/h5-7,9-10,12-13,17,25H,1,8,11,14-16,18-20H2,2-4H3. The minimum atomic E-state index is -0.464. The van der Waals surface area contributed by atoms with Crippen LogP contribution in [0.1, 0.15) is 55.9 Å². The van der Waals surface area contributed by atoms with Gasteiger partial charge >= 0.3 is 6.09 Å². The minimum absolute atomic E-state index is 0.209. The maximum Gasteiger partial charge on any atom is 0.410 e. The van der Waals surface area contributed by atoms with Crippen LogP contribution in [0.4, 0.5) is 4.79 Å². The van der Waals surface area contributed by atoms with Crippen LogP contribution in [0.3, 0.4) is 0 Å². The number of amides is 1. The first-order chi connectivity index (χ1) is 15.3. The molecule has 0 saturated carbocycles. The van der Waals surface area contributed by atoms with Crippen molar-refractivity contribution in [2.24, 2.45) is 5.92 Å². The normalized spacial score (nSPS) is 19.3. The van der Waals surface area contributed by atoms with Crippen molar-refractivity contribution in [3.63, 3.8) is 0 Å². The number of rotatable bonds is 4. The Morgan fingerprint density at radius 2 is 1.88 bits per heavy atom. The first-order valence-electron chi connectivity index (χ1n) is 11.8. The zero-order chi connectivity index (χ0) is 22.7. The van der Waals surface area contributed by atoms with Crippen molar-refractivity contribution in [2.75, 3.05) is 19.6 Å². The number of hydrogen-bond donors (Lipinski definition) is 0. The minimum Gasteiger partial charge on any atom is -0.444 e. The van der Waals surface area contributed by atoms with Crippen LogP contribution in [0.25, 0.3) is 5.57 Å². The zero-order valence-corrected chi connectivity index (χ0v) is 19.8. The Morgan fingerprint density at radius 1 is 1.09 bits per heavy atom. The summed E-state index contributed by atoms with van der Waals surface area (Å²) in [4.78, 5) is 16.9. The number of ether oxygens (including phenoxy) is 1. The van der Waals surface area contributed by atoms with E-state index in [1.165, 1.54) is 22.3 Å². The molecule has 2 heterocycles. The van der Waals surface area contributed by atoms with Crippen molar-refractivity contribution in [1.29, 1.82) is 0 Å². The van der Waals surface area contributed by atoms with E-state index in [4.69, 9.17) is 4.74 Å². The maximum atomic E-state index is 12.5. The quantitative estimate of drug-likeness (QED) is 0.602. The van der Waals surface area contributed by atoms with Crippen LogP contribution in [0.5, 0.6) is 0 Å². The Balaban J connectivity index is 1.39. The number of benzene rings is 2. The van der Waals surface area contributed by atoms with Gasteiger partial charge in [0.25, 0.3) is 0 Å². The molecule has 2 aromatic carbocycles. The van der Waals surface area contributed by atoms with Gasteiger partial charge in [-0.2, -0.15) is 0 Å². The molecule has 4 rings (SSSR count). The Labute approximate surface area is 192 Å². The van der Waals surface area contributed by atoms with Crippen LogP contribution in [-0.2, 0) is 24.2 Å². The molecule has 0 N–H and O–H groups in total. The van der Waals surface area contributed by atoms with Crippen LogP contribution in [0, 0.1) is 5.92 Å². The summed E-state index contributed by atoms with van der Waals surface area (Å²) < 4.78 is 5.59. The molecule has 2 aliphatic rings. The van der Waals surface area contributed by atoms with Gasteiger partial charge in [-0.25, -0.2) is 4.79 Å². The van der Waals surface area contributed by atoms with Gasteiger partial charge in [0.2, 0.25) is 0 Å². The molecule has 0 spiro atoms. The Kier molecular flexibility index (Phi) is 6.71. The molecule has 0 radical (unpaired) electrons. The van der Waals surface area contributed by atoms with E-state index in [-0.39, 0.29) is 12.0 Å². The highest BCUT2D eigenvalue weighted by molar-refractivity contribution is 5.71. The van der Waals surface area contributed by atoms with E-state index < -0.39 is 5.60 Å². The molecule has 1 atom stereocenters. The van der Waals surface area contributed by atoms with Gasteiger partial charge in [0, 0.05) is 38.6 Å². The first kappa shape index (κ1) is 22.6. The summed E-state index contributed by atoms with van der Waals surface area (Å²) in [6.07, 6.45) is 2.92. The summed E-state index contributed by atoms with van der Waals surface area (Å²) in [5.41, 5.74) is 6.13. The van der Waals surface area contributed by atoms with Crippen LogP contribution < -0.4 is 0 Å². The van der Waals surface area contributed by atoms with E-state index >= 15 is 0 Å². The predicted octanol–water partition coefficient (Wildman–Crippen LogP) is 5.91. The molecule has 2 aromatic rings. The number of piperidine rings is 1. The second-order valence-corrected chi connectivity index (χ2v) is 10.2. The van der Waals surface area contributed by atoms with E-state index in [9.17, 15) is 4.79 Å². The Bertz CT molecular complexity index is 961. The molecular weight excluding hydrogens is 396 g/mol. The molecule has 0 aliphatic carbocycles. The SMILES string of the molecule is C=C(c1ccc2c(c1)CCN(Cc1ccccc1)C2)C1CCCN(C(=O)OC(C)(C)C)C1. The average Bonchev–Trinajstić information content (AvgIpc) is 2.78. The van der Waals surface area contributed by atoms with Gasteiger partial charge in [-0.3, -0.25) is 4.90 Å². The molecule has 0 aromatic heterocycles. The third-order valence-corrected chi connectivity index (χ3v) is 6.48. The third-order valence-electron chi connectivity index (χ3n) is 6.48. The highest BCUT2D eigenvalue weighted by Gasteiger charge is 2.29. The molecular formula is C28H36N2O2. The molecule has 1 fully saturated rings. The smallest absolute Gasteiger partial charge is 0.410 e. The monoisotopic (exact) mass is 432 g/mol. The van der Waals surface area contributed by atoms with Gasteiger partial charge < -0.3 is 9.64 Å². The van der Waals surface area contributed by atoms with Crippen LogP contribution in [0.2, 0.25) is 0 Å². The Hall–Kier alpha value is -2.59. The summed E-state index contributed by atoms with van der Waals surface area (Å²) >= 11 is 0. The van der Waals surface area contributed by atoms with Gasteiger partial charge in [0.15, 0.2) is 0 Å². The van der Waals surface area contributed by atoms with E-state index in [1.807, 2.05) is 25.7 Å². The van der Waals surface area contributed by atoms with Crippen molar-refractivity contribution in [3.05, 3.63) is 77.4 Å². The van der Waals surface area contributed by atoms with Gasteiger partial charge in [-0.1, -0.05) is 55.1 Å². The van der Waals surface area contributed by atoms with Crippen molar-refractivity contribution < 1.29 is 9.53 Å². The lowest BCUT2D eigenvalue weighted by molar-refractivity contribution is 0.0190. The van der Waals surface area contributed by atoms with Crippen molar-refractivity contribution in [1.82, 2.24) is 9.80 Å². The summed E-state index contributed by atoms with van der Waals surface area (Å²) in [5.74, 6) is 0.285. The third kappa shape index (κ3) is 5.60. The number of hydrogen-bond acceptors (Lipinski definition) is 3. The van der Waals surface area contributed by atoms with Gasteiger partial charge in [-0.15, -0.1) is 0 Å². The number of carbonyl (C=O) groups is 1. The fourth-order valence-electron chi connectivity index (χ4n) is 4.78. The summed E-state index contributed by atoms with van der Waals surface area (Å²) in [7, 11) is 0. The lowest BCUT2D eigenvalue weighted by atomic mass is 9.85. The molecule has 1 saturated heterocycles. The summed E-state index contributed by atoms with van der Waals surface area (Å²) in [6.45, 7) is 14.7. The average molecular weight is 433 g/mol. The van der Waals surface area contributed by atoms with Crippen molar-refractivity contribution in [2.45, 2.75) is 58.7 Å². The lowest BCUT2D eigenvalue weighted by Gasteiger charge is -2.35. The number of fused-ring (bicyclic) bond motifs is 1. The van der Waals surface area contributed by atoms with Crippen molar-refractivity contribution in [3.8, 4) is 0 Å². The predicted molar refractivity (Wildman–Crippen MR) is 130 cm³/mol. The fourth-order valence-corrected chi connectivity index (χ4v) is 4.78. The largest absolute Gasteiger partial charge is 0.444 e. The number of carbonyl (C=O) groups excluding carboxylic acids is 1. The van der Waals surface area contributed by atoms with E-state index in [0.29, 0.717) is 6.54 Å². The maximum absolute atomic E-state index is 12.5. The van der Waals surface area contributed by atoms with Crippen LogP contribution >= 0.6 is 0 Å². The molecule has 4 heteroatoms. The zero-order valence-electron chi connectivity index (χ0n) is 19.8. The van der Waals surface area contributed by atoms with Crippen LogP contribution in [0.15, 0.2) is 55.1 Å². The van der Waals surface area contributed by atoms with E-state index in [1.54, 1.807) is 0 Å². The summed E-state index contributed by atoms with van der Waals surface area (Å²) in [6, 6.07) is 17.5. The van der Waals surface area contributed by atoms with Crippen LogP contribution in [-0.4, -0.2) is 41.1 Å². The lowest BCUT2D eigenvalue weighted by Crippen LogP contribution is -2.43. The first-order valence-corrected chi connectivity index (χ1v) is 11.8. The van der Waals surface area contributed by atoms with Gasteiger partial charge in [0.05, 0.1) is 0 Å². The molecule has 1 amide bonds. The van der Waals surface area contributed by atoms with Crippen molar-refractivity contribution >= 4 is 11.7 Å². The Morgan fingerprint density at radius 3 is 2.62 bits per heavy atom.